The minimum absolute atomic E-state index is 0.208. The fourth-order valence-corrected chi connectivity index (χ4v) is 2.45. The Morgan fingerprint density at radius 2 is 2.10 bits per heavy atom. The van der Waals surface area contributed by atoms with Crippen molar-refractivity contribution >= 4 is 33.0 Å². The van der Waals surface area contributed by atoms with Gasteiger partial charge >= 0.3 is 5.97 Å². The van der Waals surface area contributed by atoms with Crippen LogP contribution in [0.15, 0.2) is 51.4 Å². The molecule has 0 amide bonds. The molecule has 4 nitrogen and oxygen atoms in total. The summed E-state index contributed by atoms with van der Waals surface area (Å²) in [6.45, 7) is 0. The van der Waals surface area contributed by atoms with Crippen molar-refractivity contribution in [3.05, 3.63) is 64.0 Å². The zero-order chi connectivity index (χ0) is 14.1. The molecule has 0 saturated carbocycles. The van der Waals surface area contributed by atoms with Gasteiger partial charge in [0, 0.05) is 10.9 Å². The maximum absolute atomic E-state index is 10.9. The first-order valence-electron chi connectivity index (χ1n) is 5.99. The molecule has 0 saturated heterocycles. The van der Waals surface area contributed by atoms with E-state index >= 15 is 0 Å². The molecular weight excluding hydrogens is 322 g/mol. The summed E-state index contributed by atoms with van der Waals surface area (Å²) < 4.78 is 6.63. The van der Waals surface area contributed by atoms with Crippen molar-refractivity contribution in [3.63, 3.8) is 0 Å². The second-order valence-corrected chi connectivity index (χ2v) is 5.32. The molecule has 0 spiro atoms. The maximum Gasteiger partial charge on any atom is 0.335 e. The van der Waals surface area contributed by atoms with E-state index in [1.165, 1.54) is 12.1 Å². The molecule has 1 N–H and O–H groups in total. The van der Waals surface area contributed by atoms with Crippen LogP contribution in [-0.2, 0) is 6.42 Å². The first kappa shape index (κ1) is 12.9. The van der Waals surface area contributed by atoms with Gasteiger partial charge in [0.1, 0.15) is 5.52 Å². The standard InChI is InChI=1S/C15H10BrNO3/c16-11-3-1-2-9(6-11)7-14-17-12-8-10(15(18)19)4-5-13(12)20-14/h1-6,8H,7H2,(H,18,19). The Hall–Kier alpha value is -2.14. The number of halogens is 1. The van der Waals surface area contributed by atoms with E-state index in [-0.39, 0.29) is 5.56 Å². The number of aromatic nitrogens is 1. The molecule has 0 atom stereocenters. The summed E-state index contributed by atoms with van der Waals surface area (Å²) in [6.07, 6.45) is 0.566. The predicted octanol–water partition coefficient (Wildman–Crippen LogP) is 3.88. The van der Waals surface area contributed by atoms with Crippen LogP contribution >= 0.6 is 15.9 Å². The molecule has 3 aromatic rings. The molecule has 0 radical (unpaired) electrons. The lowest BCUT2D eigenvalue weighted by atomic mass is 10.1. The molecule has 1 heterocycles. The third-order valence-electron chi connectivity index (χ3n) is 2.92. The number of benzene rings is 2. The summed E-state index contributed by atoms with van der Waals surface area (Å²) in [5.74, 6) is -0.399. The van der Waals surface area contributed by atoms with Gasteiger partial charge in [0.2, 0.25) is 0 Å². The molecule has 20 heavy (non-hydrogen) atoms. The average molecular weight is 332 g/mol. The Kier molecular flexibility index (Phi) is 3.28. The Morgan fingerprint density at radius 1 is 1.25 bits per heavy atom. The third kappa shape index (κ3) is 2.58. The summed E-state index contributed by atoms with van der Waals surface area (Å²) >= 11 is 3.42. The van der Waals surface area contributed by atoms with Crippen LogP contribution in [0.5, 0.6) is 0 Å². The van der Waals surface area contributed by atoms with Crippen molar-refractivity contribution in [2.45, 2.75) is 6.42 Å². The van der Waals surface area contributed by atoms with E-state index in [1.54, 1.807) is 6.07 Å². The van der Waals surface area contributed by atoms with Crippen LogP contribution in [0.4, 0.5) is 0 Å². The first-order chi connectivity index (χ1) is 9.61. The summed E-state index contributed by atoms with van der Waals surface area (Å²) in [7, 11) is 0. The topological polar surface area (TPSA) is 63.3 Å². The zero-order valence-electron chi connectivity index (χ0n) is 10.3. The van der Waals surface area contributed by atoms with Gasteiger partial charge in [-0.05, 0) is 35.9 Å². The van der Waals surface area contributed by atoms with Crippen LogP contribution in [-0.4, -0.2) is 16.1 Å². The SMILES string of the molecule is O=C(O)c1ccc2oc(Cc3cccc(Br)c3)nc2c1. The van der Waals surface area contributed by atoms with Crippen molar-refractivity contribution in [2.75, 3.05) is 0 Å². The lowest BCUT2D eigenvalue weighted by molar-refractivity contribution is 0.0697. The quantitative estimate of drug-likeness (QED) is 0.791. The Balaban J connectivity index is 1.95. The molecule has 0 aliphatic heterocycles. The Bertz CT molecular complexity index is 795. The highest BCUT2D eigenvalue weighted by Gasteiger charge is 2.10. The van der Waals surface area contributed by atoms with Gasteiger partial charge in [-0.2, -0.15) is 0 Å². The van der Waals surface area contributed by atoms with Crippen LogP contribution < -0.4 is 0 Å². The van der Waals surface area contributed by atoms with Crippen molar-refractivity contribution < 1.29 is 14.3 Å². The highest BCUT2D eigenvalue weighted by molar-refractivity contribution is 9.10. The molecule has 5 heteroatoms. The number of rotatable bonds is 3. The van der Waals surface area contributed by atoms with Crippen molar-refractivity contribution in [1.29, 1.82) is 0 Å². The van der Waals surface area contributed by atoms with E-state index in [0.717, 1.165) is 10.0 Å². The number of carbonyl (C=O) groups is 1. The third-order valence-corrected chi connectivity index (χ3v) is 3.42. The number of hydrogen-bond acceptors (Lipinski definition) is 3. The normalized spacial score (nSPS) is 10.8. The number of carboxylic acids is 1. The summed E-state index contributed by atoms with van der Waals surface area (Å²) in [5.41, 5.74) is 2.44. The fraction of sp³-hybridized carbons (Fsp3) is 0.0667. The molecule has 1 aromatic heterocycles. The number of oxazole rings is 1. The zero-order valence-corrected chi connectivity index (χ0v) is 11.9. The minimum atomic E-state index is -0.969. The van der Waals surface area contributed by atoms with Crippen molar-refractivity contribution in [3.8, 4) is 0 Å². The van der Waals surface area contributed by atoms with Gasteiger partial charge in [0.05, 0.1) is 5.56 Å². The van der Waals surface area contributed by atoms with E-state index in [2.05, 4.69) is 20.9 Å². The molecular formula is C15H10BrNO3. The van der Waals surface area contributed by atoms with E-state index < -0.39 is 5.97 Å². The van der Waals surface area contributed by atoms with Crippen LogP contribution in [0, 0.1) is 0 Å². The van der Waals surface area contributed by atoms with Gasteiger partial charge in [-0.1, -0.05) is 28.1 Å². The van der Waals surface area contributed by atoms with E-state index in [0.29, 0.717) is 23.4 Å². The molecule has 0 unspecified atom stereocenters. The largest absolute Gasteiger partial charge is 0.478 e. The monoisotopic (exact) mass is 331 g/mol. The summed E-state index contributed by atoms with van der Waals surface area (Å²) in [5, 5.41) is 8.95. The van der Waals surface area contributed by atoms with Crippen LogP contribution in [0.3, 0.4) is 0 Å². The number of carboxylic acid groups (broad SMARTS) is 1. The second-order valence-electron chi connectivity index (χ2n) is 4.40. The molecule has 0 aliphatic carbocycles. The van der Waals surface area contributed by atoms with Crippen LogP contribution in [0.2, 0.25) is 0 Å². The van der Waals surface area contributed by atoms with Crippen LogP contribution in [0.1, 0.15) is 21.8 Å². The predicted molar refractivity (Wildman–Crippen MR) is 77.9 cm³/mol. The fourth-order valence-electron chi connectivity index (χ4n) is 2.01. The Labute approximate surface area is 123 Å². The average Bonchev–Trinajstić information content (AvgIpc) is 2.79. The number of aromatic carboxylic acids is 1. The van der Waals surface area contributed by atoms with Crippen molar-refractivity contribution in [2.24, 2.45) is 0 Å². The van der Waals surface area contributed by atoms with Gasteiger partial charge in [0.25, 0.3) is 0 Å². The molecule has 3 rings (SSSR count). The molecule has 0 aliphatic rings. The molecule has 2 aromatic carbocycles. The van der Waals surface area contributed by atoms with Gasteiger partial charge in [-0.25, -0.2) is 9.78 Å². The highest BCUT2D eigenvalue weighted by Crippen LogP contribution is 2.20. The van der Waals surface area contributed by atoms with Crippen molar-refractivity contribution in [1.82, 2.24) is 4.98 Å². The van der Waals surface area contributed by atoms with Gasteiger partial charge in [-0.3, -0.25) is 0 Å². The number of fused-ring (bicyclic) bond motifs is 1. The smallest absolute Gasteiger partial charge is 0.335 e. The van der Waals surface area contributed by atoms with Crippen LogP contribution in [0.25, 0.3) is 11.1 Å². The Morgan fingerprint density at radius 3 is 2.85 bits per heavy atom. The van der Waals surface area contributed by atoms with E-state index in [9.17, 15) is 4.79 Å². The number of nitrogens with zero attached hydrogens (tertiary/aromatic N) is 1. The van der Waals surface area contributed by atoms with Gasteiger partial charge in [-0.15, -0.1) is 0 Å². The minimum Gasteiger partial charge on any atom is -0.478 e. The van der Waals surface area contributed by atoms with Gasteiger partial charge in [0.15, 0.2) is 11.5 Å². The van der Waals surface area contributed by atoms with E-state index in [1.807, 2.05) is 24.3 Å². The lowest BCUT2D eigenvalue weighted by Crippen LogP contribution is -1.94. The molecule has 100 valence electrons. The molecule has 0 fully saturated rings. The summed E-state index contributed by atoms with van der Waals surface area (Å²) in [6, 6.07) is 12.6. The summed E-state index contributed by atoms with van der Waals surface area (Å²) in [4.78, 5) is 15.3. The highest BCUT2D eigenvalue weighted by atomic mass is 79.9. The molecule has 0 bridgehead atoms. The van der Waals surface area contributed by atoms with Gasteiger partial charge < -0.3 is 9.52 Å². The van der Waals surface area contributed by atoms with E-state index in [4.69, 9.17) is 9.52 Å². The maximum atomic E-state index is 10.9. The lowest BCUT2D eigenvalue weighted by Gasteiger charge is -1.97. The second kappa shape index (κ2) is 5.09. The first-order valence-corrected chi connectivity index (χ1v) is 6.78. The number of hydrogen-bond donors (Lipinski definition) is 1.